The Morgan fingerprint density at radius 1 is 1.32 bits per heavy atom. The second kappa shape index (κ2) is 6.55. The zero-order valence-corrected chi connectivity index (χ0v) is 12.5. The predicted molar refractivity (Wildman–Crippen MR) is 76.0 cm³/mol. The number of nitrogens with zero attached hydrogens (tertiary/aromatic N) is 1. The Morgan fingerprint density at radius 2 is 2.05 bits per heavy atom. The summed E-state index contributed by atoms with van der Waals surface area (Å²) in [5.41, 5.74) is 0. The molecule has 0 aromatic carbocycles. The van der Waals surface area contributed by atoms with Crippen molar-refractivity contribution >= 4 is 0 Å². The van der Waals surface area contributed by atoms with E-state index in [0.29, 0.717) is 18.2 Å². The van der Waals surface area contributed by atoms with Crippen molar-refractivity contribution in [2.24, 2.45) is 0 Å². The first-order valence-electron chi connectivity index (χ1n) is 7.21. The molecule has 1 fully saturated rings. The molecule has 0 saturated carbocycles. The second-order valence-electron chi connectivity index (χ2n) is 5.83. The number of rotatable bonds is 5. The Morgan fingerprint density at radius 3 is 2.79 bits per heavy atom. The fourth-order valence-electron chi connectivity index (χ4n) is 2.30. The molecular weight excluding hydrogens is 240 g/mol. The molecule has 2 unspecified atom stereocenters. The van der Waals surface area contributed by atoms with Crippen molar-refractivity contribution in [2.75, 3.05) is 13.2 Å². The van der Waals surface area contributed by atoms with Crippen molar-refractivity contribution < 1.29 is 9.15 Å². The van der Waals surface area contributed by atoms with Gasteiger partial charge in [0.05, 0.1) is 25.8 Å². The number of hydrogen-bond acceptors (Lipinski definition) is 4. The summed E-state index contributed by atoms with van der Waals surface area (Å²) in [4.78, 5) is 2.42. The smallest absolute Gasteiger partial charge is 0.118 e. The molecule has 1 aromatic rings. The summed E-state index contributed by atoms with van der Waals surface area (Å²) in [5, 5.41) is 3.37. The van der Waals surface area contributed by atoms with Crippen molar-refractivity contribution in [3.8, 4) is 0 Å². The first-order valence-corrected chi connectivity index (χ1v) is 7.21. The van der Waals surface area contributed by atoms with Gasteiger partial charge in [0.2, 0.25) is 0 Å². The number of hydrogen-bond donors (Lipinski definition) is 1. The van der Waals surface area contributed by atoms with E-state index in [-0.39, 0.29) is 0 Å². The Bertz CT molecular complexity index is 389. The number of furan rings is 1. The third-order valence-corrected chi connectivity index (χ3v) is 3.50. The van der Waals surface area contributed by atoms with Gasteiger partial charge in [-0.3, -0.25) is 4.90 Å². The molecule has 0 radical (unpaired) electrons. The third kappa shape index (κ3) is 4.34. The molecule has 108 valence electrons. The molecule has 19 heavy (non-hydrogen) atoms. The molecule has 0 bridgehead atoms. The average molecular weight is 266 g/mol. The van der Waals surface area contributed by atoms with E-state index in [2.05, 4.69) is 50.0 Å². The van der Waals surface area contributed by atoms with Gasteiger partial charge in [-0.05, 0) is 26.0 Å². The predicted octanol–water partition coefficient (Wildman–Crippen LogP) is 2.39. The van der Waals surface area contributed by atoms with Gasteiger partial charge in [0.1, 0.15) is 11.5 Å². The molecule has 1 aliphatic rings. The van der Waals surface area contributed by atoms with Crippen LogP contribution in [0, 0.1) is 0 Å². The van der Waals surface area contributed by atoms with E-state index in [0.717, 1.165) is 37.8 Å². The fourth-order valence-corrected chi connectivity index (χ4v) is 2.30. The maximum absolute atomic E-state index is 5.88. The maximum atomic E-state index is 5.88. The first kappa shape index (κ1) is 14.6. The zero-order valence-electron chi connectivity index (χ0n) is 12.5. The van der Waals surface area contributed by atoms with Gasteiger partial charge >= 0.3 is 0 Å². The van der Waals surface area contributed by atoms with E-state index < -0.39 is 0 Å². The lowest BCUT2D eigenvalue weighted by atomic mass is 10.2. The molecule has 1 aromatic heterocycles. The summed E-state index contributed by atoms with van der Waals surface area (Å²) >= 11 is 0. The number of morpholine rings is 1. The third-order valence-electron chi connectivity index (χ3n) is 3.50. The topological polar surface area (TPSA) is 37.6 Å². The summed E-state index contributed by atoms with van der Waals surface area (Å²) in [6.45, 7) is 12.1. The van der Waals surface area contributed by atoms with Crippen molar-refractivity contribution in [3.05, 3.63) is 23.7 Å². The second-order valence-corrected chi connectivity index (χ2v) is 5.83. The molecule has 0 spiro atoms. The van der Waals surface area contributed by atoms with Crippen LogP contribution in [0.25, 0.3) is 0 Å². The van der Waals surface area contributed by atoms with Crippen molar-refractivity contribution in [1.29, 1.82) is 0 Å². The molecule has 2 rings (SSSR count). The maximum Gasteiger partial charge on any atom is 0.118 e. The highest BCUT2D eigenvalue weighted by atomic mass is 16.5. The van der Waals surface area contributed by atoms with Crippen LogP contribution < -0.4 is 5.32 Å². The van der Waals surface area contributed by atoms with Crippen molar-refractivity contribution in [1.82, 2.24) is 10.2 Å². The first-order chi connectivity index (χ1) is 9.04. The van der Waals surface area contributed by atoms with Crippen LogP contribution in [0.5, 0.6) is 0 Å². The molecule has 2 heterocycles. The zero-order chi connectivity index (χ0) is 13.8. The molecule has 0 amide bonds. The Balaban J connectivity index is 1.88. The number of ether oxygens (including phenoxy) is 1. The molecular formula is C15H26N2O2. The molecule has 0 aliphatic carbocycles. The highest BCUT2D eigenvalue weighted by Gasteiger charge is 2.24. The van der Waals surface area contributed by atoms with Crippen LogP contribution in [-0.2, 0) is 17.8 Å². The van der Waals surface area contributed by atoms with Gasteiger partial charge in [0.25, 0.3) is 0 Å². The molecule has 1 N–H and O–H groups in total. The van der Waals surface area contributed by atoms with Gasteiger partial charge in [-0.2, -0.15) is 0 Å². The van der Waals surface area contributed by atoms with Crippen molar-refractivity contribution in [3.63, 3.8) is 0 Å². The van der Waals surface area contributed by atoms with Crippen LogP contribution >= 0.6 is 0 Å². The van der Waals surface area contributed by atoms with Gasteiger partial charge in [0, 0.05) is 18.6 Å². The van der Waals surface area contributed by atoms with Gasteiger partial charge in [-0.1, -0.05) is 13.8 Å². The minimum Gasteiger partial charge on any atom is -0.463 e. The highest BCUT2D eigenvalue weighted by Crippen LogP contribution is 2.17. The van der Waals surface area contributed by atoms with E-state index in [4.69, 9.17) is 9.15 Å². The van der Waals surface area contributed by atoms with E-state index >= 15 is 0 Å². The molecule has 1 aliphatic heterocycles. The Labute approximate surface area is 116 Å². The lowest BCUT2D eigenvalue weighted by Gasteiger charge is -2.36. The van der Waals surface area contributed by atoms with E-state index in [1.165, 1.54) is 0 Å². The minimum atomic E-state index is 0.313. The van der Waals surface area contributed by atoms with Crippen LogP contribution in [0.3, 0.4) is 0 Å². The molecule has 4 nitrogen and oxygen atoms in total. The van der Waals surface area contributed by atoms with Crippen LogP contribution in [0.1, 0.15) is 39.2 Å². The van der Waals surface area contributed by atoms with Crippen LogP contribution in [-0.4, -0.2) is 36.2 Å². The van der Waals surface area contributed by atoms with Gasteiger partial charge < -0.3 is 14.5 Å². The minimum absolute atomic E-state index is 0.313. The monoisotopic (exact) mass is 266 g/mol. The van der Waals surface area contributed by atoms with Crippen LogP contribution in [0.4, 0.5) is 0 Å². The summed E-state index contributed by atoms with van der Waals surface area (Å²) < 4.78 is 11.5. The SMILES string of the molecule is CC(C)NCc1ccc(CN2CC(C)OCC2C)o1. The van der Waals surface area contributed by atoms with E-state index in [1.54, 1.807) is 0 Å². The standard InChI is InChI=1S/C15H26N2O2/c1-11(2)16-7-14-5-6-15(19-14)9-17-8-13(4)18-10-12(17)3/h5-6,11-13,16H,7-10H2,1-4H3. The molecule has 4 heteroatoms. The van der Waals surface area contributed by atoms with E-state index in [1.807, 2.05) is 0 Å². The summed E-state index contributed by atoms with van der Waals surface area (Å²) in [5.74, 6) is 2.05. The summed E-state index contributed by atoms with van der Waals surface area (Å²) in [6.07, 6.45) is 0.313. The molecule has 1 saturated heterocycles. The summed E-state index contributed by atoms with van der Waals surface area (Å²) in [7, 11) is 0. The van der Waals surface area contributed by atoms with Crippen molar-refractivity contribution in [2.45, 2.75) is 59.0 Å². The average Bonchev–Trinajstić information content (AvgIpc) is 2.79. The normalized spacial score (nSPS) is 25.1. The molecule has 2 atom stereocenters. The van der Waals surface area contributed by atoms with Gasteiger partial charge in [-0.25, -0.2) is 0 Å². The van der Waals surface area contributed by atoms with Crippen LogP contribution in [0.2, 0.25) is 0 Å². The Kier molecular flexibility index (Phi) is 5.02. The highest BCUT2D eigenvalue weighted by molar-refractivity contribution is 5.07. The lowest BCUT2D eigenvalue weighted by molar-refractivity contribution is -0.0546. The fraction of sp³-hybridized carbons (Fsp3) is 0.733. The largest absolute Gasteiger partial charge is 0.463 e. The van der Waals surface area contributed by atoms with Gasteiger partial charge in [0.15, 0.2) is 0 Å². The van der Waals surface area contributed by atoms with Gasteiger partial charge in [-0.15, -0.1) is 0 Å². The summed E-state index contributed by atoms with van der Waals surface area (Å²) in [6, 6.07) is 5.09. The van der Waals surface area contributed by atoms with Crippen LogP contribution in [0.15, 0.2) is 16.5 Å². The quantitative estimate of drug-likeness (QED) is 0.888. The number of nitrogens with one attached hydrogen (secondary N) is 1. The van der Waals surface area contributed by atoms with E-state index in [9.17, 15) is 0 Å². The lowest BCUT2D eigenvalue weighted by Crippen LogP contribution is -2.46. The Hall–Kier alpha value is -0.840.